The first-order valence-corrected chi connectivity index (χ1v) is 9.52. The topological polar surface area (TPSA) is 47.1 Å². The van der Waals surface area contributed by atoms with E-state index in [1.54, 1.807) is 0 Å². The van der Waals surface area contributed by atoms with E-state index in [4.69, 9.17) is 9.15 Å². The van der Waals surface area contributed by atoms with Gasteiger partial charge in [-0.2, -0.15) is 0 Å². The first-order chi connectivity index (χ1) is 13.2. The van der Waals surface area contributed by atoms with Crippen LogP contribution in [0.2, 0.25) is 0 Å². The first kappa shape index (κ1) is 17.6. The maximum atomic E-state index is 13.5. The molecule has 0 atom stereocenters. The van der Waals surface area contributed by atoms with E-state index in [0.29, 0.717) is 23.5 Å². The second kappa shape index (κ2) is 7.45. The molecule has 2 aromatic carbocycles. The van der Waals surface area contributed by atoms with Crippen LogP contribution in [-0.4, -0.2) is 50.6 Å². The molecule has 0 aliphatic carbocycles. The number of carbonyl (C=O) groups excluding carboxylic acids is 1. The van der Waals surface area contributed by atoms with Crippen molar-refractivity contribution in [1.29, 1.82) is 0 Å². The van der Waals surface area contributed by atoms with Gasteiger partial charge < -0.3 is 19.0 Å². The van der Waals surface area contributed by atoms with E-state index in [1.807, 2.05) is 60.4 Å². The van der Waals surface area contributed by atoms with Crippen LogP contribution in [0.25, 0.3) is 22.3 Å². The maximum Gasteiger partial charge on any atom is 0.258 e. The van der Waals surface area contributed by atoms with Gasteiger partial charge in [0.15, 0.2) is 0 Å². The Morgan fingerprint density at radius 2 is 1.89 bits per heavy atom. The van der Waals surface area contributed by atoms with E-state index in [-0.39, 0.29) is 5.91 Å². The maximum absolute atomic E-state index is 13.5. The summed E-state index contributed by atoms with van der Waals surface area (Å²) in [4.78, 5) is 16.9. The number of quaternary nitrogens is 1. The van der Waals surface area contributed by atoms with Crippen molar-refractivity contribution in [1.82, 2.24) is 4.90 Å². The molecule has 0 unspecified atom stereocenters. The number of ether oxygens (including phenoxy) is 1. The van der Waals surface area contributed by atoms with Crippen molar-refractivity contribution in [2.24, 2.45) is 0 Å². The van der Waals surface area contributed by atoms with Crippen LogP contribution in [0, 0.1) is 0 Å². The van der Waals surface area contributed by atoms with Gasteiger partial charge >= 0.3 is 0 Å². The van der Waals surface area contributed by atoms with Crippen molar-refractivity contribution in [3.8, 4) is 17.1 Å². The van der Waals surface area contributed by atoms with Crippen LogP contribution in [0.15, 0.2) is 52.9 Å². The number of furan rings is 1. The number of hydrogen-bond donors (Lipinski definition) is 1. The molecular weight excluding hydrogens is 340 g/mol. The highest BCUT2D eigenvalue weighted by atomic mass is 16.5. The molecule has 1 N–H and O–H groups in total. The van der Waals surface area contributed by atoms with Gasteiger partial charge in [-0.05, 0) is 25.1 Å². The fourth-order valence-electron chi connectivity index (χ4n) is 3.59. The number of piperazine rings is 1. The molecule has 140 valence electrons. The molecular formula is C22H25N2O3+. The predicted octanol–water partition coefficient (Wildman–Crippen LogP) is 2.47. The van der Waals surface area contributed by atoms with Crippen molar-refractivity contribution < 1.29 is 18.8 Å². The number of nitrogens with zero attached hydrogens (tertiary/aromatic N) is 1. The summed E-state index contributed by atoms with van der Waals surface area (Å²) >= 11 is 0. The Hall–Kier alpha value is -2.79. The van der Waals surface area contributed by atoms with Gasteiger partial charge in [-0.3, -0.25) is 4.79 Å². The van der Waals surface area contributed by atoms with Crippen LogP contribution < -0.4 is 9.64 Å². The molecule has 3 aromatic rings. The molecule has 0 saturated carbocycles. The smallest absolute Gasteiger partial charge is 0.258 e. The summed E-state index contributed by atoms with van der Waals surface area (Å²) in [5.74, 6) is 1.42. The van der Waals surface area contributed by atoms with Crippen molar-refractivity contribution in [3.05, 3.63) is 54.1 Å². The minimum atomic E-state index is 0.0359. The summed E-state index contributed by atoms with van der Waals surface area (Å²) in [6, 6.07) is 15.5. The van der Waals surface area contributed by atoms with Crippen molar-refractivity contribution >= 4 is 16.9 Å². The molecule has 0 bridgehead atoms. The van der Waals surface area contributed by atoms with Gasteiger partial charge in [-0.25, -0.2) is 0 Å². The Balaban J connectivity index is 1.84. The lowest BCUT2D eigenvalue weighted by atomic mass is 10.0. The molecule has 5 nitrogen and oxygen atoms in total. The number of amides is 1. The molecule has 2 heterocycles. The third-order valence-electron chi connectivity index (χ3n) is 5.12. The van der Waals surface area contributed by atoms with E-state index >= 15 is 0 Å². The largest absolute Gasteiger partial charge is 0.494 e. The second-order valence-electron chi connectivity index (χ2n) is 7.01. The van der Waals surface area contributed by atoms with Gasteiger partial charge in [0.2, 0.25) is 0 Å². The highest BCUT2D eigenvalue weighted by Gasteiger charge is 2.29. The number of likely N-dealkylation sites (N-methyl/N-ethyl adjacent to an activating group) is 1. The van der Waals surface area contributed by atoms with Gasteiger partial charge in [0.05, 0.1) is 45.4 Å². The van der Waals surface area contributed by atoms with Crippen molar-refractivity contribution in [2.45, 2.75) is 6.92 Å². The number of carbonyl (C=O) groups is 1. The number of nitrogens with one attached hydrogen (secondary N) is 1. The van der Waals surface area contributed by atoms with Crippen LogP contribution in [0.3, 0.4) is 0 Å². The SMILES string of the molecule is CCOc1ccc2oc(-c3ccccc3)c(C(=O)N3CC[NH+](C)CC3)c2c1. The average Bonchev–Trinajstić information content (AvgIpc) is 3.08. The standard InChI is InChI=1S/C22H24N2O3/c1-3-26-17-9-10-19-18(15-17)20(21(27-19)16-7-5-4-6-8-16)22(25)24-13-11-23(2)12-14-24/h4-10,15H,3,11-14H2,1-2H3/p+1. The Kier molecular flexibility index (Phi) is 4.86. The number of hydrogen-bond acceptors (Lipinski definition) is 3. The third-order valence-corrected chi connectivity index (χ3v) is 5.12. The fourth-order valence-corrected chi connectivity index (χ4v) is 3.59. The van der Waals surface area contributed by atoms with Crippen LogP contribution >= 0.6 is 0 Å². The number of fused-ring (bicyclic) bond motifs is 1. The zero-order chi connectivity index (χ0) is 18.8. The molecule has 5 heteroatoms. The highest BCUT2D eigenvalue weighted by Crippen LogP contribution is 2.36. The molecule has 0 radical (unpaired) electrons. The first-order valence-electron chi connectivity index (χ1n) is 9.52. The van der Waals surface area contributed by atoms with Gasteiger partial charge in [0.25, 0.3) is 5.91 Å². The summed E-state index contributed by atoms with van der Waals surface area (Å²) in [7, 11) is 2.17. The Labute approximate surface area is 159 Å². The van der Waals surface area contributed by atoms with E-state index in [9.17, 15) is 4.79 Å². The van der Waals surface area contributed by atoms with Gasteiger partial charge in [-0.15, -0.1) is 0 Å². The molecule has 1 aliphatic heterocycles. The average molecular weight is 365 g/mol. The molecule has 1 saturated heterocycles. The minimum Gasteiger partial charge on any atom is -0.494 e. The summed E-state index contributed by atoms with van der Waals surface area (Å²) in [5, 5.41) is 0.816. The highest BCUT2D eigenvalue weighted by molar-refractivity contribution is 6.11. The zero-order valence-corrected chi connectivity index (χ0v) is 15.8. The van der Waals surface area contributed by atoms with E-state index in [1.165, 1.54) is 4.90 Å². The zero-order valence-electron chi connectivity index (χ0n) is 15.8. The number of benzene rings is 2. The lowest BCUT2D eigenvalue weighted by Gasteiger charge is -2.30. The van der Waals surface area contributed by atoms with Gasteiger partial charge in [0, 0.05) is 10.9 Å². The summed E-state index contributed by atoms with van der Waals surface area (Å²) in [5.41, 5.74) is 2.26. The van der Waals surface area contributed by atoms with Crippen LogP contribution in [0.5, 0.6) is 5.75 Å². The second-order valence-corrected chi connectivity index (χ2v) is 7.01. The Morgan fingerprint density at radius 3 is 2.59 bits per heavy atom. The van der Waals surface area contributed by atoms with Gasteiger partial charge in [0.1, 0.15) is 17.1 Å². The van der Waals surface area contributed by atoms with E-state index in [0.717, 1.165) is 42.9 Å². The molecule has 27 heavy (non-hydrogen) atoms. The molecule has 4 rings (SSSR count). The lowest BCUT2D eigenvalue weighted by Crippen LogP contribution is -3.12. The Bertz CT molecular complexity index is 941. The fraction of sp³-hybridized carbons (Fsp3) is 0.318. The summed E-state index contributed by atoms with van der Waals surface area (Å²) in [6.45, 7) is 5.99. The normalized spacial score (nSPS) is 15.3. The molecule has 1 amide bonds. The minimum absolute atomic E-state index is 0.0359. The van der Waals surface area contributed by atoms with Crippen molar-refractivity contribution in [3.63, 3.8) is 0 Å². The van der Waals surface area contributed by atoms with Crippen LogP contribution in [0.1, 0.15) is 17.3 Å². The summed E-state index contributed by atoms with van der Waals surface area (Å²) < 4.78 is 11.8. The lowest BCUT2D eigenvalue weighted by molar-refractivity contribution is -0.883. The molecule has 1 fully saturated rings. The molecule has 1 aliphatic rings. The predicted molar refractivity (Wildman–Crippen MR) is 105 cm³/mol. The molecule has 0 spiro atoms. The van der Waals surface area contributed by atoms with E-state index < -0.39 is 0 Å². The molecule has 1 aromatic heterocycles. The quantitative estimate of drug-likeness (QED) is 0.773. The van der Waals surface area contributed by atoms with Crippen LogP contribution in [0.4, 0.5) is 0 Å². The Morgan fingerprint density at radius 1 is 1.15 bits per heavy atom. The summed E-state index contributed by atoms with van der Waals surface area (Å²) in [6.07, 6.45) is 0. The monoisotopic (exact) mass is 365 g/mol. The third kappa shape index (κ3) is 3.43. The van der Waals surface area contributed by atoms with Crippen LogP contribution in [-0.2, 0) is 0 Å². The van der Waals surface area contributed by atoms with Crippen molar-refractivity contribution in [2.75, 3.05) is 39.8 Å². The van der Waals surface area contributed by atoms with E-state index in [2.05, 4.69) is 7.05 Å². The van der Waals surface area contributed by atoms with Gasteiger partial charge in [-0.1, -0.05) is 30.3 Å². The number of rotatable bonds is 4.